The summed E-state index contributed by atoms with van der Waals surface area (Å²) in [6, 6.07) is 4.90. The van der Waals surface area contributed by atoms with Crippen molar-refractivity contribution in [3.05, 3.63) is 28.8 Å². The number of likely N-dealkylation sites (tertiary alicyclic amines) is 1. The van der Waals surface area contributed by atoms with Gasteiger partial charge in [-0.2, -0.15) is 0 Å². The Morgan fingerprint density at radius 2 is 2.29 bits per heavy atom. The molecule has 1 fully saturated rings. The van der Waals surface area contributed by atoms with Crippen LogP contribution in [-0.4, -0.2) is 34.2 Å². The molecule has 0 radical (unpaired) electrons. The van der Waals surface area contributed by atoms with Crippen LogP contribution in [0, 0.1) is 5.92 Å². The van der Waals surface area contributed by atoms with E-state index in [4.69, 9.17) is 16.7 Å². The van der Waals surface area contributed by atoms with Crippen molar-refractivity contribution in [3.8, 4) is 5.75 Å². The van der Waals surface area contributed by atoms with Gasteiger partial charge in [-0.15, -0.1) is 0 Å². The third-order valence-electron chi connectivity index (χ3n) is 3.06. The number of halogens is 1. The Labute approximate surface area is 104 Å². The summed E-state index contributed by atoms with van der Waals surface area (Å²) >= 11 is 5.86. The van der Waals surface area contributed by atoms with E-state index >= 15 is 0 Å². The summed E-state index contributed by atoms with van der Waals surface area (Å²) in [5.41, 5.74) is 0.739. The van der Waals surface area contributed by atoms with E-state index in [2.05, 4.69) is 0 Å². The van der Waals surface area contributed by atoms with Crippen molar-refractivity contribution in [2.24, 2.45) is 5.92 Å². The molecule has 1 unspecified atom stereocenters. The standard InChI is InChI=1S/C12H14ClNO3/c13-10-1-2-11(15)9(5-10)7-14-4-3-8(6-14)12(16)17/h1-2,5,8,15H,3-4,6-7H2,(H,16,17). The Kier molecular flexibility index (Phi) is 3.54. The second kappa shape index (κ2) is 4.94. The van der Waals surface area contributed by atoms with Crippen LogP contribution in [0.25, 0.3) is 0 Å². The number of hydrogen-bond donors (Lipinski definition) is 2. The van der Waals surface area contributed by atoms with E-state index in [1.165, 1.54) is 0 Å². The van der Waals surface area contributed by atoms with Gasteiger partial charge in [0.25, 0.3) is 0 Å². The molecule has 0 saturated carbocycles. The zero-order valence-corrected chi connectivity index (χ0v) is 10.0. The molecule has 92 valence electrons. The van der Waals surface area contributed by atoms with Crippen LogP contribution in [0.3, 0.4) is 0 Å². The number of benzene rings is 1. The van der Waals surface area contributed by atoms with Gasteiger partial charge in [0, 0.05) is 23.7 Å². The molecule has 4 nitrogen and oxygen atoms in total. The Morgan fingerprint density at radius 3 is 2.94 bits per heavy atom. The molecule has 2 N–H and O–H groups in total. The fraction of sp³-hybridized carbons (Fsp3) is 0.417. The van der Waals surface area contributed by atoms with Crippen LogP contribution in [0.4, 0.5) is 0 Å². The Morgan fingerprint density at radius 1 is 1.53 bits per heavy atom. The molecule has 0 spiro atoms. The first kappa shape index (κ1) is 12.2. The first-order chi connectivity index (χ1) is 8.06. The summed E-state index contributed by atoms with van der Waals surface area (Å²) in [6.45, 7) is 1.81. The largest absolute Gasteiger partial charge is 0.508 e. The van der Waals surface area contributed by atoms with Crippen molar-refractivity contribution in [1.29, 1.82) is 0 Å². The maximum Gasteiger partial charge on any atom is 0.307 e. The normalized spacial score (nSPS) is 20.6. The van der Waals surface area contributed by atoms with E-state index in [0.717, 1.165) is 12.1 Å². The summed E-state index contributed by atoms with van der Waals surface area (Å²) in [6.07, 6.45) is 0.663. The maximum absolute atomic E-state index is 10.8. The number of carboxylic acids is 1. The number of hydrogen-bond acceptors (Lipinski definition) is 3. The molecular formula is C12H14ClNO3. The summed E-state index contributed by atoms with van der Waals surface area (Å²) in [5, 5.41) is 19.1. The van der Waals surface area contributed by atoms with E-state index in [0.29, 0.717) is 24.5 Å². The van der Waals surface area contributed by atoms with Gasteiger partial charge in [-0.1, -0.05) is 11.6 Å². The van der Waals surface area contributed by atoms with Gasteiger partial charge >= 0.3 is 5.97 Å². The van der Waals surface area contributed by atoms with Gasteiger partial charge in [0.15, 0.2) is 0 Å². The molecule has 1 atom stereocenters. The van der Waals surface area contributed by atoms with Crippen LogP contribution in [0.2, 0.25) is 5.02 Å². The van der Waals surface area contributed by atoms with Gasteiger partial charge in [-0.3, -0.25) is 9.69 Å². The summed E-state index contributed by atoms with van der Waals surface area (Å²) < 4.78 is 0. The zero-order chi connectivity index (χ0) is 12.4. The van der Waals surface area contributed by atoms with E-state index in [1.54, 1.807) is 18.2 Å². The van der Waals surface area contributed by atoms with Crippen molar-refractivity contribution < 1.29 is 15.0 Å². The van der Waals surface area contributed by atoms with Crippen LogP contribution in [0.5, 0.6) is 5.75 Å². The SMILES string of the molecule is O=C(O)C1CCN(Cc2cc(Cl)ccc2O)C1. The zero-order valence-electron chi connectivity index (χ0n) is 9.27. The van der Waals surface area contributed by atoms with Crippen LogP contribution < -0.4 is 0 Å². The lowest BCUT2D eigenvalue weighted by Gasteiger charge is -2.16. The highest BCUT2D eigenvalue weighted by Crippen LogP contribution is 2.25. The lowest BCUT2D eigenvalue weighted by Crippen LogP contribution is -2.22. The number of aliphatic carboxylic acids is 1. The summed E-state index contributed by atoms with van der Waals surface area (Å²) in [5.74, 6) is -0.840. The molecule has 1 aliphatic heterocycles. The van der Waals surface area contributed by atoms with E-state index < -0.39 is 5.97 Å². The number of phenols is 1. The van der Waals surface area contributed by atoms with Crippen LogP contribution >= 0.6 is 11.6 Å². The van der Waals surface area contributed by atoms with Crippen molar-refractivity contribution in [2.45, 2.75) is 13.0 Å². The quantitative estimate of drug-likeness (QED) is 0.867. The maximum atomic E-state index is 10.8. The highest BCUT2D eigenvalue weighted by molar-refractivity contribution is 6.30. The second-order valence-corrected chi connectivity index (χ2v) is 4.77. The lowest BCUT2D eigenvalue weighted by molar-refractivity contribution is -0.141. The van der Waals surface area contributed by atoms with Gasteiger partial charge in [-0.05, 0) is 31.2 Å². The monoisotopic (exact) mass is 255 g/mol. The van der Waals surface area contributed by atoms with Gasteiger partial charge < -0.3 is 10.2 Å². The molecule has 1 saturated heterocycles. The molecule has 2 rings (SSSR count). The molecule has 0 aliphatic carbocycles. The predicted molar refractivity (Wildman–Crippen MR) is 64.1 cm³/mol. The Hall–Kier alpha value is -1.26. The smallest absolute Gasteiger partial charge is 0.307 e. The molecule has 0 aromatic heterocycles. The average molecular weight is 256 g/mol. The highest BCUT2D eigenvalue weighted by atomic mass is 35.5. The predicted octanol–water partition coefficient (Wildman–Crippen LogP) is 1.95. The van der Waals surface area contributed by atoms with Crippen molar-refractivity contribution in [1.82, 2.24) is 4.90 Å². The minimum atomic E-state index is -0.747. The van der Waals surface area contributed by atoms with E-state index in [1.807, 2.05) is 4.90 Å². The number of phenolic OH excluding ortho intramolecular Hbond substituents is 1. The number of nitrogens with zero attached hydrogens (tertiary/aromatic N) is 1. The van der Waals surface area contributed by atoms with Crippen molar-refractivity contribution >= 4 is 17.6 Å². The molecule has 1 heterocycles. The number of carbonyl (C=O) groups is 1. The fourth-order valence-electron chi connectivity index (χ4n) is 2.10. The van der Waals surface area contributed by atoms with Crippen LogP contribution in [0.15, 0.2) is 18.2 Å². The molecule has 5 heteroatoms. The Balaban J connectivity index is 2.02. The minimum absolute atomic E-state index is 0.202. The molecule has 0 bridgehead atoms. The van der Waals surface area contributed by atoms with Gasteiger partial charge in [-0.25, -0.2) is 0 Å². The molecule has 0 amide bonds. The molecular weight excluding hydrogens is 242 g/mol. The van der Waals surface area contributed by atoms with Crippen LogP contribution in [-0.2, 0) is 11.3 Å². The van der Waals surface area contributed by atoms with E-state index in [9.17, 15) is 9.90 Å². The second-order valence-electron chi connectivity index (χ2n) is 4.33. The summed E-state index contributed by atoms with van der Waals surface area (Å²) in [7, 11) is 0. The van der Waals surface area contributed by atoms with Crippen molar-refractivity contribution in [3.63, 3.8) is 0 Å². The lowest BCUT2D eigenvalue weighted by atomic mass is 10.1. The van der Waals surface area contributed by atoms with Crippen LogP contribution in [0.1, 0.15) is 12.0 Å². The minimum Gasteiger partial charge on any atom is -0.508 e. The van der Waals surface area contributed by atoms with Gasteiger partial charge in [0.05, 0.1) is 5.92 Å². The average Bonchev–Trinajstić information content (AvgIpc) is 2.72. The topological polar surface area (TPSA) is 60.8 Å². The first-order valence-corrected chi connectivity index (χ1v) is 5.86. The van der Waals surface area contributed by atoms with Crippen molar-refractivity contribution in [2.75, 3.05) is 13.1 Å². The number of carboxylic acid groups (broad SMARTS) is 1. The third kappa shape index (κ3) is 2.90. The van der Waals surface area contributed by atoms with E-state index in [-0.39, 0.29) is 11.7 Å². The first-order valence-electron chi connectivity index (χ1n) is 5.49. The van der Waals surface area contributed by atoms with Gasteiger partial charge in [0.1, 0.15) is 5.75 Å². The molecule has 1 aromatic carbocycles. The number of aromatic hydroxyl groups is 1. The molecule has 1 aromatic rings. The molecule has 1 aliphatic rings. The fourth-order valence-corrected chi connectivity index (χ4v) is 2.29. The summed E-state index contributed by atoms with van der Waals surface area (Å²) in [4.78, 5) is 12.8. The van der Waals surface area contributed by atoms with Gasteiger partial charge in [0.2, 0.25) is 0 Å². The number of rotatable bonds is 3. The third-order valence-corrected chi connectivity index (χ3v) is 3.29. The Bertz CT molecular complexity index is 436. The molecule has 17 heavy (non-hydrogen) atoms. The highest BCUT2D eigenvalue weighted by Gasteiger charge is 2.28.